The summed E-state index contributed by atoms with van der Waals surface area (Å²) in [5.74, 6) is 0.731. The zero-order valence-electron chi connectivity index (χ0n) is 18.2. The number of nitrogens with zero attached hydrogens (tertiary/aromatic N) is 4. The number of piperazine rings is 1. The average molecular weight is 414 g/mol. The lowest BCUT2D eigenvalue weighted by Crippen LogP contribution is -2.56. The zero-order chi connectivity index (χ0) is 21.7. The molecule has 2 heterocycles. The van der Waals surface area contributed by atoms with Crippen LogP contribution in [0.25, 0.3) is 0 Å². The van der Waals surface area contributed by atoms with Crippen molar-refractivity contribution in [3.8, 4) is 5.75 Å². The molecular weight excluding hydrogens is 382 g/mol. The number of carbonyl (C=O) groups is 2. The summed E-state index contributed by atoms with van der Waals surface area (Å²) in [6.07, 6.45) is 4.67. The SMILES string of the molecule is COc1ccc(CN2CCNC(=O)[C@@H]2CC(=O)N(C)CCc2cnn(C)c2)cc1C. The van der Waals surface area contributed by atoms with E-state index in [0.717, 1.165) is 28.9 Å². The molecule has 2 aromatic rings. The number of aryl methyl sites for hydroxylation is 2. The summed E-state index contributed by atoms with van der Waals surface area (Å²) >= 11 is 0. The molecule has 8 nitrogen and oxygen atoms in total. The van der Waals surface area contributed by atoms with Gasteiger partial charge in [0.1, 0.15) is 5.75 Å². The van der Waals surface area contributed by atoms with Crippen LogP contribution >= 0.6 is 0 Å². The number of amides is 2. The maximum absolute atomic E-state index is 12.8. The molecule has 1 aliphatic rings. The monoisotopic (exact) mass is 413 g/mol. The highest BCUT2D eigenvalue weighted by atomic mass is 16.5. The van der Waals surface area contributed by atoms with Gasteiger partial charge in [-0.25, -0.2) is 0 Å². The fourth-order valence-corrected chi connectivity index (χ4v) is 3.79. The van der Waals surface area contributed by atoms with Crippen molar-refractivity contribution in [2.24, 2.45) is 7.05 Å². The third kappa shape index (κ3) is 5.38. The Morgan fingerprint density at radius 3 is 2.83 bits per heavy atom. The van der Waals surface area contributed by atoms with Crippen LogP contribution in [0.1, 0.15) is 23.1 Å². The van der Waals surface area contributed by atoms with E-state index >= 15 is 0 Å². The Bertz CT molecular complexity index is 895. The van der Waals surface area contributed by atoms with E-state index in [1.807, 2.05) is 38.5 Å². The third-order valence-electron chi connectivity index (χ3n) is 5.57. The van der Waals surface area contributed by atoms with Gasteiger partial charge in [0.15, 0.2) is 0 Å². The molecule has 1 aromatic heterocycles. The molecular formula is C22H31N5O3. The second-order valence-corrected chi connectivity index (χ2v) is 7.87. The Balaban J connectivity index is 1.61. The molecule has 3 rings (SSSR count). The molecule has 1 aliphatic heterocycles. The lowest BCUT2D eigenvalue weighted by molar-refractivity contribution is -0.138. The lowest BCUT2D eigenvalue weighted by Gasteiger charge is -2.35. The van der Waals surface area contributed by atoms with Crippen LogP contribution in [0.15, 0.2) is 30.6 Å². The molecule has 0 radical (unpaired) electrons. The van der Waals surface area contributed by atoms with E-state index in [1.165, 1.54) is 0 Å². The highest BCUT2D eigenvalue weighted by Crippen LogP contribution is 2.21. The highest BCUT2D eigenvalue weighted by molar-refractivity contribution is 5.88. The van der Waals surface area contributed by atoms with E-state index in [9.17, 15) is 9.59 Å². The van der Waals surface area contributed by atoms with E-state index in [1.54, 1.807) is 23.7 Å². The molecule has 1 fully saturated rings. The number of ether oxygens (including phenoxy) is 1. The second kappa shape index (κ2) is 9.75. The predicted molar refractivity (Wildman–Crippen MR) is 114 cm³/mol. The molecule has 30 heavy (non-hydrogen) atoms. The van der Waals surface area contributed by atoms with Crippen molar-refractivity contribution >= 4 is 11.8 Å². The Labute approximate surface area is 177 Å². The van der Waals surface area contributed by atoms with Gasteiger partial charge in [0.05, 0.1) is 25.8 Å². The van der Waals surface area contributed by atoms with Crippen LogP contribution in [-0.2, 0) is 29.6 Å². The Morgan fingerprint density at radius 1 is 1.37 bits per heavy atom. The highest BCUT2D eigenvalue weighted by Gasteiger charge is 2.32. The first-order valence-corrected chi connectivity index (χ1v) is 10.2. The summed E-state index contributed by atoms with van der Waals surface area (Å²) in [7, 11) is 5.32. The summed E-state index contributed by atoms with van der Waals surface area (Å²) < 4.78 is 7.08. The van der Waals surface area contributed by atoms with Crippen molar-refractivity contribution in [3.63, 3.8) is 0 Å². The van der Waals surface area contributed by atoms with Gasteiger partial charge in [-0.2, -0.15) is 5.10 Å². The zero-order valence-corrected chi connectivity index (χ0v) is 18.2. The molecule has 8 heteroatoms. The van der Waals surface area contributed by atoms with Gasteiger partial charge in [0, 0.05) is 46.5 Å². The molecule has 1 atom stereocenters. The smallest absolute Gasteiger partial charge is 0.237 e. The van der Waals surface area contributed by atoms with Crippen molar-refractivity contribution < 1.29 is 14.3 Å². The van der Waals surface area contributed by atoms with Crippen LogP contribution in [0.3, 0.4) is 0 Å². The number of aromatic nitrogens is 2. The van der Waals surface area contributed by atoms with Crippen molar-refractivity contribution in [3.05, 3.63) is 47.3 Å². The largest absolute Gasteiger partial charge is 0.496 e. The maximum Gasteiger partial charge on any atom is 0.237 e. The molecule has 1 saturated heterocycles. The molecule has 0 unspecified atom stereocenters. The predicted octanol–water partition coefficient (Wildman–Crippen LogP) is 1.13. The first-order valence-electron chi connectivity index (χ1n) is 10.2. The Hall–Kier alpha value is -2.87. The van der Waals surface area contributed by atoms with Gasteiger partial charge >= 0.3 is 0 Å². The van der Waals surface area contributed by atoms with Crippen LogP contribution in [0, 0.1) is 6.92 Å². The lowest BCUT2D eigenvalue weighted by atomic mass is 10.0. The third-order valence-corrected chi connectivity index (χ3v) is 5.57. The quantitative estimate of drug-likeness (QED) is 0.702. The van der Waals surface area contributed by atoms with Gasteiger partial charge in [-0.05, 0) is 36.1 Å². The van der Waals surface area contributed by atoms with Crippen molar-refractivity contribution in [1.29, 1.82) is 0 Å². The van der Waals surface area contributed by atoms with E-state index in [2.05, 4.69) is 21.4 Å². The van der Waals surface area contributed by atoms with Crippen LogP contribution in [-0.4, -0.2) is 71.2 Å². The van der Waals surface area contributed by atoms with Crippen LogP contribution < -0.4 is 10.1 Å². The molecule has 0 aliphatic carbocycles. The first kappa shape index (κ1) is 21.8. The van der Waals surface area contributed by atoms with Crippen molar-refractivity contribution in [2.45, 2.75) is 32.4 Å². The van der Waals surface area contributed by atoms with Crippen molar-refractivity contribution in [2.75, 3.05) is 33.8 Å². The molecule has 0 saturated carbocycles. The summed E-state index contributed by atoms with van der Waals surface area (Å²) in [6.45, 7) is 4.53. The second-order valence-electron chi connectivity index (χ2n) is 7.87. The molecule has 0 spiro atoms. The molecule has 1 aromatic carbocycles. The number of carbonyl (C=O) groups excluding carboxylic acids is 2. The number of benzene rings is 1. The summed E-state index contributed by atoms with van der Waals surface area (Å²) in [6, 6.07) is 5.57. The topological polar surface area (TPSA) is 79.7 Å². The number of hydrogen-bond acceptors (Lipinski definition) is 5. The minimum absolute atomic E-state index is 0.0307. The van der Waals surface area contributed by atoms with Crippen molar-refractivity contribution in [1.82, 2.24) is 24.9 Å². The van der Waals surface area contributed by atoms with Crippen LogP contribution in [0.2, 0.25) is 0 Å². The summed E-state index contributed by atoms with van der Waals surface area (Å²) in [5.41, 5.74) is 3.24. The number of nitrogens with one attached hydrogen (secondary N) is 1. The maximum atomic E-state index is 12.8. The van der Waals surface area contributed by atoms with Gasteiger partial charge in [0.25, 0.3) is 0 Å². The Kier molecular flexibility index (Phi) is 7.10. The number of rotatable bonds is 8. The van der Waals surface area contributed by atoms with E-state index in [0.29, 0.717) is 26.2 Å². The van der Waals surface area contributed by atoms with Crippen LogP contribution in [0.5, 0.6) is 5.75 Å². The molecule has 1 N–H and O–H groups in total. The van der Waals surface area contributed by atoms with Gasteiger partial charge in [-0.3, -0.25) is 19.2 Å². The fraction of sp³-hybridized carbons (Fsp3) is 0.500. The number of hydrogen-bond donors (Lipinski definition) is 1. The van der Waals surface area contributed by atoms with Gasteiger partial charge in [0.2, 0.25) is 11.8 Å². The fourth-order valence-electron chi connectivity index (χ4n) is 3.79. The van der Waals surface area contributed by atoms with E-state index < -0.39 is 6.04 Å². The van der Waals surface area contributed by atoms with Gasteiger partial charge in [-0.15, -0.1) is 0 Å². The van der Waals surface area contributed by atoms with E-state index in [4.69, 9.17) is 4.74 Å². The summed E-state index contributed by atoms with van der Waals surface area (Å²) in [5, 5.41) is 7.06. The minimum atomic E-state index is -0.463. The average Bonchev–Trinajstić information content (AvgIpc) is 3.14. The summed E-state index contributed by atoms with van der Waals surface area (Å²) in [4.78, 5) is 29.1. The minimum Gasteiger partial charge on any atom is -0.496 e. The standard InChI is InChI=1S/C22H31N5O3/c1-16-11-17(5-6-20(16)30-4)15-27-10-8-23-22(29)19(27)12-21(28)25(2)9-7-18-13-24-26(3)14-18/h5-6,11,13-14,19H,7-10,12,15H2,1-4H3,(H,23,29)/t19-/m0/s1. The molecule has 0 bridgehead atoms. The first-order chi connectivity index (χ1) is 14.4. The van der Waals surface area contributed by atoms with Crippen LogP contribution in [0.4, 0.5) is 0 Å². The molecule has 2 amide bonds. The van der Waals surface area contributed by atoms with E-state index in [-0.39, 0.29) is 18.2 Å². The number of methoxy groups -OCH3 is 1. The van der Waals surface area contributed by atoms with Gasteiger partial charge in [-0.1, -0.05) is 12.1 Å². The Morgan fingerprint density at radius 2 is 2.17 bits per heavy atom. The van der Waals surface area contributed by atoms with Gasteiger partial charge < -0.3 is 15.0 Å². The normalized spacial score (nSPS) is 16.9. The number of likely N-dealkylation sites (N-methyl/N-ethyl adjacent to an activating group) is 1. The molecule has 162 valence electrons.